The van der Waals surface area contributed by atoms with E-state index in [9.17, 15) is 0 Å². The molecule has 82 valence electrons. The summed E-state index contributed by atoms with van der Waals surface area (Å²) in [5.74, 6) is 0. The first kappa shape index (κ1) is 13.2. The Hall–Kier alpha value is -1.77. The van der Waals surface area contributed by atoms with Crippen molar-refractivity contribution in [1.82, 2.24) is 0 Å². The maximum absolute atomic E-state index is 8.73. The lowest BCUT2D eigenvalue weighted by atomic mass is 10.1. The number of nitrogens with one attached hydrogen (secondary N) is 1. The molecular weight excluding hydrogens is 194 g/mol. The summed E-state index contributed by atoms with van der Waals surface area (Å²) in [6, 6.07) is 7.13. The van der Waals surface area contributed by atoms with Crippen LogP contribution in [0.25, 0.3) is 0 Å². The van der Waals surface area contributed by atoms with E-state index in [4.69, 9.17) is 21.2 Å². The number of hydrogen-bond donors (Lipinski definition) is 4. The van der Waals surface area contributed by atoms with E-state index in [0.717, 1.165) is 7.11 Å². The van der Waals surface area contributed by atoms with Crippen molar-refractivity contribution < 1.29 is 10.2 Å². The van der Waals surface area contributed by atoms with Crippen molar-refractivity contribution in [3.8, 4) is 6.07 Å². The minimum Gasteiger partial charge on any atom is -0.400 e. The van der Waals surface area contributed by atoms with Crippen LogP contribution in [0, 0.1) is 11.3 Å². The fraction of sp³-hybridized carbons (Fsp3) is 0.300. The third-order valence-corrected chi connectivity index (χ3v) is 1.63. The number of rotatable bonds is 3. The van der Waals surface area contributed by atoms with Crippen LogP contribution in [0.2, 0.25) is 0 Å². The van der Waals surface area contributed by atoms with Gasteiger partial charge in [0.25, 0.3) is 0 Å². The zero-order chi connectivity index (χ0) is 11.7. The monoisotopic (exact) mass is 209 g/mol. The van der Waals surface area contributed by atoms with Gasteiger partial charge in [0.1, 0.15) is 6.07 Å². The van der Waals surface area contributed by atoms with Crippen molar-refractivity contribution in [1.29, 1.82) is 5.26 Å². The van der Waals surface area contributed by atoms with Crippen LogP contribution in [-0.2, 0) is 0 Å². The maximum Gasteiger partial charge on any atom is 0.101 e. The molecule has 0 aliphatic rings. The summed E-state index contributed by atoms with van der Waals surface area (Å²) in [5, 5.41) is 27.2. The molecule has 0 aliphatic heterocycles. The summed E-state index contributed by atoms with van der Waals surface area (Å²) in [5.41, 5.74) is 7.25. The predicted molar refractivity (Wildman–Crippen MR) is 59.3 cm³/mol. The van der Waals surface area contributed by atoms with Crippen molar-refractivity contribution in [3.63, 3.8) is 0 Å². The van der Waals surface area contributed by atoms with Gasteiger partial charge in [-0.3, -0.25) is 0 Å². The third-order valence-electron chi connectivity index (χ3n) is 1.63. The highest BCUT2D eigenvalue weighted by Gasteiger charge is 2.03. The highest BCUT2D eigenvalue weighted by molar-refractivity contribution is 5.73. The fourth-order valence-electron chi connectivity index (χ4n) is 1.04. The molecule has 0 bridgehead atoms. The third kappa shape index (κ3) is 3.85. The molecule has 0 saturated heterocycles. The maximum atomic E-state index is 8.73. The first-order chi connectivity index (χ1) is 7.29. The van der Waals surface area contributed by atoms with Crippen molar-refractivity contribution in [2.75, 3.05) is 31.3 Å². The minimum atomic E-state index is 0.0131. The van der Waals surface area contributed by atoms with Crippen LogP contribution in [0.1, 0.15) is 5.56 Å². The topological polar surface area (TPSA) is 102 Å². The Bertz CT molecular complexity index is 334. The summed E-state index contributed by atoms with van der Waals surface area (Å²) in [7, 11) is 1.00. The zero-order valence-electron chi connectivity index (χ0n) is 8.57. The lowest BCUT2D eigenvalue weighted by Gasteiger charge is -2.08. The zero-order valence-corrected chi connectivity index (χ0v) is 8.57. The minimum absolute atomic E-state index is 0.0131. The van der Waals surface area contributed by atoms with Gasteiger partial charge in [0.05, 0.1) is 23.5 Å². The Labute approximate surface area is 88.8 Å². The van der Waals surface area contributed by atoms with Gasteiger partial charge in [0, 0.05) is 13.7 Å². The van der Waals surface area contributed by atoms with Crippen LogP contribution in [-0.4, -0.2) is 30.5 Å². The van der Waals surface area contributed by atoms with Crippen molar-refractivity contribution >= 4 is 11.4 Å². The molecule has 5 heteroatoms. The quantitative estimate of drug-likeness (QED) is 0.531. The number of nitrogens with two attached hydrogens (primary N) is 1. The van der Waals surface area contributed by atoms with Gasteiger partial charge < -0.3 is 21.3 Å². The van der Waals surface area contributed by atoms with Gasteiger partial charge in [0.15, 0.2) is 0 Å². The van der Waals surface area contributed by atoms with E-state index < -0.39 is 0 Å². The van der Waals surface area contributed by atoms with Crippen LogP contribution in [0.4, 0.5) is 11.4 Å². The molecule has 15 heavy (non-hydrogen) atoms. The highest BCUT2D eigenvalue weighted by atomic mass is 16.3. The second-order valence-corrected chi connectivity index (χ2v) is 2.53. The first-order valence-electron chi connectivity index (χ1n) is 4.37. The van der Waals surface area contributed by atoms with Gasteiger partial charge >= 0.3 is 0 Å². The molecule has 0 atom stereocenters. The summed E-state index contributed by atoms with van der Waals surface area (Å²) >= 11 is 0. The normalized spacial score (nSPS) is 8.40. The van der Waals surface area contributed by atoms with E-state index in [0.29, 0.717) is 23.5 Å². The molecule has 0 aliphatic carbocycles. The van der Waals surface area contributed by atoms with Crippen LogP contribution < -0.4 is 11.1 Å². The van der Waals surface area contributed by atoms with Gasteiger partial charge in [-0.05, 0) is 12.1 Å². The number of aliphatic hydroxyl groups excluding tert-OH is 2. The first-order valence-corrected chi connectivity index (χ1v) is 4.37. The summed E-state index contributed by atoms with van der Waals surface area (Å²) in [6.07, 6.45) is 0. The number of nitriles is 1. The smallest absolute Gasteiger partial charge is 0.101 e. The van der Waals surface area contributed by atoms with Crippen LogP contribution in [0.3, 0.4) is 0 Å². The molecule has 0 unspecified atom stereocenters. The average molecular weight is 209 g/mol. The predicted octanol–water partition coefficient (Wildman–Crippen LogP) is 0.153. The van der Waals surface area contributed by atoms with E-state index in [1.54, 1.807) is 18.2 Å². The molecule has 1 aromatic rings. The van der Waals surface area contributed by atoms with Gasteiger partial charge in [-0.15, -0.1) is 0 Å². The number of aliphatic hydroxyl groups is 2. The summed E-state index contributed by atoms with van der Waals surface area (Å²) in [4.78, 5) is 0. The van der Waals surface area contributed by atoms with Crippen molar-refractivity contribution in [2.24, 2.45) is 0 Å². The van der Waals surface area contributed by atoms with E-state index in [1.807, 2.05) is 6.07 Å². The Morgan fingerprint density at radius 1 is 1.47 bits per heavy atom. The lowest BCUT2D eigenvalue weighted by molar-refractivity contribution is 0.311. The molecule has 0 amide bonds. The van der Waals surface area contributed by atoms with Gasteiger partial charge in [0.2, 0.25) is 0 Å². The number of nitrogens with zero attached hydrogens (tertiary/aromatic N) is 1. The van der Waals surface area contributed by atoms with E-state index in [-0.39, 0.29) is 6.61 Å². The van der Waals surface area contributed by atoms with Gasteiger partial charge in [-0.1, -0.05) is 6.07 Å². The van der Waals surface area contributed by atoms with E-state index >= 15 is 0 Å². The average Bonchev–Trinajstić information content (AvgIpc) is 2.30. The highest BCUT2D eigenvalue weighted by Crippen LogP contribution is 2.21. The Morgan fingerprint density at radius 3 is 2.67 bits per heavy atom. The van der Waals surface area contributed by atoms with Crippen LogP contribution in [0.5, 0.6) is 0 Å². The van der Waals surface area contributed by atoms with Crippen molar-refractivity contribution in [3.05, 3.63) is 23.8 Å². The Balaban J connectivity index is 0.000000921. The molecule has 0 heterocycles. The van der Waals surface area contributed by atoms with Gasteiger partial charge in [-0.25, -0.2) is 0 Å². The van der Waals surface area contributed by atoms with E-state index in [1.165, 1.54) is 0 Å². The van der Waals surface area contributed by atoms with Gasteiger partial charge in [-0.2, -0.15) is 5.26 Å². The summed E-state index contributed by atoms with van der Waals surface area (Å²) < 4.78 is 0. The van der Waals surface area contributed by atoms with Crippen LogP contribution in [0.15, 0.2) is 18.2 Å². The summed E-state index contributed by atoms with van der Waals surface area (Å²) in [6.45, 7) is 0.405. The van der Waals surface area contributed by atoms with E-state index in [2.05, 4.69) is 5.32 Å². The lowest BCUT2D eigenvalue weighted by Crippen LogP contribution is -2.08. The molecule has 0 spiro atoms. The molecule has 0 aromatic heterocycles. The molecule has 0 radical (unpaired) electrons. The molecule has 1 rings (SSSR count). The molecule has 1 aromatic carbocycles. The molecular formula is C10H15N3O2. The Kier molecular flexibility index (Phi) is 6.72. The molecule has 5 nitrogen and oxygen atoms in total. The fourth-order valence-corrected chi connectivity index (χ4v) is 1.04. The standard InChI is InChI=1S/C9H11N3O.CH4O/c10-6-7-2-1-3-8(11)9(7)12-4-5-13;1-2/h1-3,12-13H,4-5,11H2;2H,1H3. The largest absolute Gasteiger partial charge is 0.400 e. The van der Waals surface area contributed by atoms with Crippen molar-refractivity contribution in [2.45, 2.75) is 0 Å². The molecule has 0 fully saturated rings. The number of hydrogen-bond acceptors (Lipinski definition) is 5. The number of anilines is 2. The Morgan fingerprint density at radius 2 is 2.13 bits per heavy atom. The van der Waals surface area contributed by atoms with Crippen LogP contribution >= 0.6 is 0 Å². The second kappa shape index (κ2) is 7.62. The second-order valence-electron chi connectivity index (χ2n) is 2.53. The number of nitrogen functional groups attached to an aromatic ring is 1. The number of benzene rings is 1. The SMILES string of the molecule is CO.N#Cc1cccc(N)c1NCCO. The number of para-hydroxylation sites is 1. The molecule has 0 saturated carbocycles. The molecule has 5 N–H and O–H groups in total.